The first-order valence-electron chi connectivity index (χ1n) is 6.63. The van der Waals surface area contributed by atoms with E-state index in [1.54, 1.807) is 36.5 Å². The van der Waals surface area contributed by atoms with Crippen molar-refractivity contribution in [3.8, 4) is 0 Å². The maximum absolute atomic E-state index is 12.1. The molecule has 2 amide bonds. The minimum atomic E-state index is -0.114. The summed E-state index contributed by atoms with van der Waals surface area (Å²) in [4.78, 5) is 31.7. The molecule has 0 bridgehead atoms. The molecule has 0 atom stereocenters. The van der Waals surface area contributed by atoms with Gasteiger partial charge in [-0.1, -0.05) is 12.1 Å². The summed E-state index contributed by atoms with van der Waals surface area (Å²) in [5.74, 6) is 0.655. The lowest BCUT2D eigenvalue weighted by Gasteiger charge is -2.15. The Hall–Kier alpha value is -2.63. The number of hydrogen-bond donors (Lipinski definition) is 2. The van der Waals surface area contributed by atoms with Gasteiger partial charge in [0.1, 0.15) is 5.82 Å². The van der Waals surface area contributed by atoms with Gasteiger partial charge in [-0.3, -0.25) is 9.59 Å². The highest BCUT2D eigenvalue weighted by Gasteiger charge is 2.11. The Morgan fingerprint density at radius 1 is 1.29 bits per heavy atom. The predicted molar refractivity (Wildman–Crippen MR) is 79.5 cm³/mol. The highest BCUT2D eigenvalue weighted by Crippen LogP contribution is 2.11. The van der Waals surface area contributed by atoms with Crippen molar-refractivity contribution in [2.75, 3.05) is 12.4 Å². The van der Waals surface area contributed by atoms with Crippen molar-refractivity contribution in [2.24, 2.45) is 0 Å². The third kappa shape index (κ3) is 4.45. The number of carbonyl (C=O) groups excluding carboxylic acids is 2. The van der Waals surface area contributed by atoms with Crippen LogP contribution in [0.3, 0.4) is 0 Å². The summed E-state index contributed by atoms with van der Waals surface area (Å²) in [7, 11) is 1.75. The monoisotopic (exact) mass is 286 g/mol. The van der Waals surface area contributed by atoms with E-state index in [2.05, 4.69) is 15.3 Å². The molecule has 0 saturated carbocycles. The van der Waals surface area contributed by atoms with E-state index in [1.165, 1.54) is 6.92 Å². The molecule has 0 saturated heterocycles. The number of amides is 2. The van der Waals surface area contributed by atoms with Gasteiger partial charge in [-0.25, -0.2) is 4.98 Å². The standard InChI is InChI=1S/C15H18N4O2/c1-11(20)18-13-5-3-12(4-6-13)9-15(21)19(2)10-14-16-7-8-17-14/h3-8H,9-10H2,1-2H3,(H,16,17)(H,18,20). The maximum atomic E-state index is 12.1. The lowest BCUT2D eigenvalue weighted by atomic mass is 10.1. The number of imidazole rings is 1. The molecule has 6 nitrogen and oxygen atoms in total. The number of likely N-dealkylation sites (N-methyl/N-ethyl adjacent to an activating group) is 1. The van der Waals surface area contributed by atoms with Gasteiger partial charge in [-0.15, -0.1) is 0 Å². The first kappa shape index (κ1) is 14.8. The second-order valence-electron chi connectivity index (χ2n) is 4.84. The zero-order valence-electron chi connectivity index (χ0n) is 12.1. The molecule has 1 heterocycles. The van der Waals surface area contributed by atoms with Crippen molar-refractivity contribution >= 4 is 17.5 Å². The molecule has 1 aromatic carbocycles. The molecular weight excluding hydrogens is 268 g/mol. The highest BCUT2D eigenvalue weighted by molar-refractivity contribution is 5.88. The zero-order valence-corrected chi connectivity index (χ0v) is 12.1. The maximum Gasteiger partial charge on any atom is 0.227 e. The number of nitrogens with one attached hydrogen (secondary N) is 2. The molecule has 0 radical (unpaired) electrons. The van der Waals surface area contributed by atoms with E-state index in [0.717, 1.165) is 17.1 Å². The van der Waals surface area contributed by atoms with Crippen LogP contribution >= 0.6 is 0 Å². The van der Waals surface area contributed by atoms with Gasteiger partial charge >= 0.3 is 0 Å². The molecule has 2 N–H and O–H groups in total. The van der Waals surface area contributed by atoms with E-state index in [0.29, 0.717) is 13.0 Å². The number of aromatic amines is 1. The molecule has 21 heavy (non-hydrogen) atoms. The quantitative estimate of drug-likeness (QED) is 0.875. The van der Waals surface area contributed by atoms with Crippen LogP contribution in [0, 0.1) is 0 Å². The molecule has 0 spiro atoms. The number of anilines is 1. The Morgan fingerprint density at radius 2 is 2.00 bits per heavy atom. The minimum absolute atomic E-state index is 0.0127. The van der Waals surface area contributed by atoms with Crippen LogP contribution in [0.15, 0.2) is 36.7 Å². The fraction of sp³-hybridized carbons (Fsp3) is 0.267. The molecule has 2 aromatic rings. The Bertz CT molecular complexity index is 605. The average Bonchev–Trinajstić information content (AvgIpc) is 2.93. The summed E-state index contributed by atoms with van der Waals surface area (Å²) < 4.78 is 0. The van der Waals surface area contributed by atoms with Crippen molar-refractivity contribution in [3.63, 3.8) is 0 Å². The average molecular weight is 286 g/mol. The van der Waals surface area contributed by atoms with Crippen LogP contribution in [0.25, 0.3) is 0 Å². The zero-order chi connectivity index (χ0) is 15.2. The number of aromatic nitrogens is 2. The Labute approximate surface area is 123 Å². The summed E-state index contributed by atoms with van der Waals surface area (Å²) in [6, 6.07) is 7.25. The molecule has 110 valence electrons. The number of H-pyrrole nitrogens is 1. The number of carbonyl (C=O) groups is 2. The largest absolute Gasteiger partial charge is 0.347 e. The SMILES string of the molecule is CC(=O)Nc1ccc(CC(=O)N(C)Cc2ncc[nH]2)cc1. The van der Waals surface area contributed by atoms with E-state index in [-0.39, 0.29) is 11.8 Å². The van der Waals surface area contributed by atoms with Gasteiger partial charge in [0.05, 0.1) is 13.0 Å². The van der Waals surface area contributed by atoms with Crippen molar-refractivity contribution in [3.05, 3.63) is 48.0 Å². The normalized spacial score (nSPS) is 10.2. The van der Waals surface area contributed by atoms with Gasteiger partial charge in [0.15, 0.2) is 0 Å². The van der Waals surface area contributed by atoms with E-state index in [4.69, 9.17) is 0 Å². The molecular formula is C15H18N4O2. The van der Waals surface area contributed by atoms with Crippen LogP contribution in [-0.2, 0) is 22.6 Å². The van der Waals surface area contributed by atoms with E-state index in [1.807, 2.05) is 12.1 Å². The fourth-order valence-corrected chi connectivity index (χ4v) is 1.92. The van der Waals surface area contributed by atoms with Gasteiger partial charge in [0, 0.05) is 32.1 Å². The smallest absolute Gasteiger partial charge is 0.227 e. The molecule has 0 fully saturated rings. The number of benzene rings is 1. The Balaban J connectivity index is 1.91. The second kappa shape index (κ2) is 6.69. The third-order valence-corrected chi connectivity index (χ3v) is 3.00. The summed E-state index contributed by atoms with van der Waals surface area (Å²) in [5.41, 5.74) is 1.63. The van der Waals surface area contributed by atoms with Crippen molar-refractivity contribution in [1.29, 1.82) is 0 Å². The predicted octanol–water partition coefficient (Wildman–Crippen LogP) is 1.57. The van der Waals surface area contributed by atoms with Gasteiger partial charge in [-0.05, 0) is 17.7 Å². The van der Waals surface area contributed by atoms with Crippen LogP contribution in [0.2, 0.25) is 0 Å². The lowest BCUT2D eigenvalue weighted by Crippen LogP contribution is -2.28. The summed E-state index contributed by atoms with van der Waals surface area (Å²) in [6.45, 7) is 1.91. The van der Waals surface area contributed by atoms with Crippen LogP contribution in [0.4, 0.5) is 5.69 Å². The number of hydrogen-bond acceptors (Lipinski definition) is 3. The first-order chi connectivity index (χ1) is 10.0. The summed E-state index contributed by atoms with van der Waals surface area (Å²) >= 11 is 0. The molecule has 6 heteroatoms. The van der Waals surface area contributed by atoms with Crippen LogP contribution in [0.5, 0.6) is 0 Å². The Morgan fingerprint density at radius 3 is 2.57 bits per heavy atom. The van der Waals surface area contributed by atoms with Crippen molar-refractivity contribution < 1.29 is 9.59 Å². The molecule has 0 aliphatic heterocycles. The van der Waals surface area contributed by atoms with Crippen LogP contribution in [0.1, 0.15) is 18.3 Å². The van der Waals surface area contributed by atoms with Crippen molar-refractivity contribution in [1.82, 2.24) is 14.9 Å². The minimum Gasteiger partial charge on any atom is -0.347 e. The van der Waals surface area contributed by atoms with Gasteiger partial charge in [-0.2, -0.15) is 0 Å². The first-order valence-corrected chi connectivity index (χ1v) is 6.63. The van der Waals surface area contributed by atoms with Crippen molar-refractivity contribution in [2.45, 2.75) is 19.9 Å². The molecule has 0 aliphatic rings. The highest BCUT2D eigenvalue weighted by atomic mass is 16.2. The number of rotatable bonds is 5. The van der Waals surface area contributed by atoms with E-state index < -0.39 is 0 Å². The van der Waals surface area contributed by atoms with Crippen LogP contribution in [-0.4, -0.2) is 33.7 Å². The lowest BCUT2D eigenvalue weighted by molar-refractivity contribution is -0.129. The molecule has 1 aromatic heterocycles. The molecule has 0 aliphatic carbocycles. The van der Waals surface area contributed by atoms with Crippen LogP contribution < -0.4 is 5.32 Å². The summed E-state index contributed by atoms with van der Waals surface area (Å²) in [6.07, 6.45) is 3.71. The van der Waals surface area contributed by atoms with E-state index >= 15 is 0 Å². The molecule has 0 unspecified atom stereocenters. The van der Waals surface area contributed by atoms with E-state index in [9.17, 15) is 9.59 Å². The van der Waals surface area contributed by atoms with Gasteiger partial charge in [0.2, 0.25) is 11.8 Å². The van der Waals surface area contributed by atoms with Gasteiger partial charge in [0.25, 0.3) is 0 Å². The fourth-order valence-electron chi connectivity index (χ4n) is 1.92. The second-order valence-corrected chi connectivity index (χ2v) is 4.84. The third-order valence-electron chi connectivity index (χ3n) is 3.00. The van der Waals surface area contributed by atoms with Gasteiger partial charge < -0.3 is 15.2 Å². The number of nitrogens with zero attached hydrogens (tertiary/aromatic N) is 2. The topological polar surface area (TPSA) is 78.1 Å². The molecule has 2 rings (SSSR count). The summed E-state index contributed by atoms with van der Waals surface area (Å²) in [5, 5.41) is 2.69. The Kier molecular flexibility index (Phi) is 4.71.